The highest BCUT2D eigenvalue weighted by atomic mass is 14.6. The summed E-state index contributed by atoms with van der Waals surface area (Å²) < 4.78 is 0. The fourth-order valence-electron chi connectivity index (χ4n) is 3.62. The summed E-state index contributed by atoms with van der Waals surface area (Å²) in [5, 5.41) is 9.14. The molecule has 1 heteroatoms. The van der Waals surface area contributed by atoms with Crippen LogP contribution in [-0.4, -0.2) is 0 Å². The molecule has 0 aromatic heterocycles. The molecule has 0 amide bonds. The molecule has 66 valence electrons. The predicted molar refractivity (Wildman–Crippen MR) is 48.3 cm³/mol. The number of nitrogens with zero attached hydrogens (tertiary/aromatic N) is 1. The molecule has 2 fully saturated rings. The van der Waals surface area contributed by atoms with Crippen molar-refractivity contribution >= 4 is 0 Å². The zero-order chi connectivity index (χ0) is 8.98. The quantitative estimate of drug-likeness (QED) is 0.538. The zero-order valence-corrected chi connectivity index (χ0v) is 8.22. The summed E-state index contributed by atoms with van der Waals surface area (Å²) in [6.07, 6.45) is 3.92. The van der Waals surface area contributed by atoms with Gasteiger partial charge in [-0.2, -0.15) is 5.26 Å². The van der Waals surface area contributed by atoms with Gasteiger partial charge in [0.25, 0.3) is 0 Å². The third-order valence-corrected chi connectivity index (χ3v) is 4.40. The molecule has 0 saturated heterocycles. The minimum absolute atomic E-state index is 0.280. The van der Waals surface area contributed by atoms with Crippen LogP contribution in [0.4, 0.5) is 0 Å². The van der Waals surface area contributed by atoms with E-state index < -0.39 is 0 Å². The van der Waals surface area contributed by atoms with E-state index in [1.807, 2.05) is 0 Å². The van der Waals surface area contributed by atoms with Crippen LogP contribution in [0.1, 0.15) is 40.0 Å². The maximum atomic E-state index is 9.14. The highest BCUT2D eigenvalue weighted by Crippen LogP contribution is 2.65. The topological polar surface area (TPSA) is 23.8 Å². The molecule has 2 bridgehead atoms. The van der Waals surface area contributed by atoms with E-state index in [2.05, 4.69) is 26.8 Å². The average molecular weight is 163 g/mol. The maximum Gasteiger partial charge on any atom is 0.0667 e. The molecular weight excluding hydrogens is 146 g/mol. The van der Waals surface area contributed by atoms with E-state index >= 15 is 0 Å². The van der Waals surface area contributed by atoms with Crippen LogP contribution in [0.3, 0.4) is 0 Å². The summed E-state index contributed by atoms with van der Waals surface area (Å²) in [5.74, 6) is 1.11. The van der Waals surface area contributed by atoms with E-state index in [1.165, 1.54) is 19.3 Å². The van der Waals surface area contributed by atoms with E-state index in [-0.39, 0.29) is 5.41 Å². The van der Waals surface area contributed by atoms with Crippen LogP contribution in [0.25, 0.3) is 0 Å². The molecule has 0 spiro atoms. The van der Waals surface area contributed by atoms with Gasteiger partial charge in [-0.05, 0) is 36.0 Å². The molecule has 2 aliphatic rings. The lowest BCUT2D eigenvalue weighted by atomic mass is 9.65. The lowest BCUT2D eigenvalue weighted by molar-refractivity contribution is 0.119. The van der Waals surface area contributed by atoms with Crippen LogP contribution < -0.4 is 0 Å². The van der Waals surface area contributed by atoms with E-state index in [0.717, 1.165) is 5.92 Å². The molecule has 1 nitrogen and oxygen atoms in total. The predicted octanol–water partition coefficient (Wildman–Crippen LogP) is 2.97. The Hall–Kier alpha value is -0.510. The lowest BCUT2D eigenvalue weighted by Gasteiger charge is -2.38. The zero-order valence-electron chi connectivity index (χ0n) is 8.22. The molecular formula is C11H17N. The molecule has 0 radical (unpaired) electrons. The van der Waals surface area contributed by atoms with Gasteiger partial charge in [-0.15, -0.1) is 0 Å². The van der Waals surface area contributed by atoms with Crippen molar-refractivity contribution in [3.8, 4) is 6.07 Å². The second-order valence-corrected chi connectivity index (χ2v) is 5.48. The van der Waals surface area contributed by atoms with Crippen molar-refractivity contribution in [1.82, 2.24) is 0 Å². The first-order valence-corrected chi connectivity index (χ1v) is 4.90. The normalized spacial score (nSPS) is 49.2. The van der Waals surface area contributed by atoms with Gasteiger partial charge in [0.05, 0.1) is 12.0 Å². The van der Waals surface area contributed by atoms with Crippen molar-refractivity contribution in [3.63, 3.8) is 0 Å². The van der Waals surface area contributed by atoms with Gasteiger partial charge in [-0.1, -0.05) is 20.8 Å². The average Bonchev–Trinajstić information content (AvgIpc) is 2.39. The molecule has 0 heterocycles. The standard InChI is InChI=1S/C11H17N/c1-10(2)8-4-5-11(3,6-8)9(10)7-12/h8-9H,4-6H2,1-3H3/t8-,9-,11-/m0/s1. The molecule has 0 unspecified atom stereocenters. The van der Waals surface area contributed by atoms with Crippen LogP contribution in [-0.2, 0) is 0 Å². The van der Waals surface area contributed by atoms with Crippen molar-refractivity contribution < 1.29 is 0 Å². The van der Waals surface area contributed by atoms with Crippen molar-refractivity contribution in [3.05, 3.63) is 0 Å². The van der Waals surface area contributed by atoms with Crippen LogP contribution in [0.2, 0.25) is 0 Å². The van der Waals surface area contributed by atoms with Crippen LogP contribution in [0, 0.1) is 34.0 Å². The maximum absolute atomic E-state index is 9.14. The Labute approximate surface area is 74.8 Å². The Morgan fingerprint density at radius 1 is 1.33 bits per heavy atom. The van der Waals surface area contributed by atoms with E-state index in [1.54, 1.807) is 0 Å². The summed E-state index contributed by atoms with van der Waals surface area (Å²) in [4.78, 5) is 0. The van der Waals surface area contributed by atoms with Gasteiger partial charge >= 0.3 is 0 Å². The summed E-state index contributed by atoms with van der Waals surface area (Å²) in [5.41, 5.74) is 0.630. The number of rotatable bonds is 0. The number of fused-ring (bicyclic) bond motifs is 2. The largest absolute Gasteiger partial charge is 0.198 e. The second-order valence-electron chi connectivity index (χ2n) is 5.48. The molecule has 12 heavy (non-hydrogen) atoms. The third kappa shape index (κ3) is 0.736. The lowest BCUT2D eigenvalue weighted by Crippen LogP contribution is -2.33. The highest BCUT2D eigenvalue weighted by molar-refractivity contribution is 5.15. The van der Waals surface area contributed by atoms with Crippen LogP contribution in [0.15, 0.2) is 0 Å². The fourth-order valence-corrected chi connectivity index (χ4v) is 3.62. The van der Waals surface area contributed by atoms with Gasteiger partial charge in [-0.25, -0.2) is 0 Å². The number of hydrogen-bond donors (Lipinski definition) is 0. The smallest absolute Gasteiger partial charge is 0.0667 e. The number of hydrogen-bond acceptors (Lipinski definition) is 1. The molecule has 0 N–H and O–H groups in total. The van der Waals surface area contributed by atoms with Gasteiger partial charge in [0.2, 0.25) is 0 Å². The summed E-state index contributed by atoms with van der Waals surface area (Å²) in [6.45, 7) is 6.85. The first-order valence-electron chi connectivity index (χ1n) is 4.90. The molecule has 0 aromatic carbocycles. The summed E-state index contributed by atoms with van der Waals surface area (Å²) in [7, 11) is 0. The Kier molecular flexibility index (Phi) is 1.38. The van der Waals surface area contributed by atoms with Gasteiger partial charge < -0.3 is 0 Å². The van der Waals surface area contributed by atoms with E-state index in [9.17, 15) is 0 Å². The third-order valence-electron chi connectivity index (χ3n) is 4.40. The molecule has 2 rings (SSSR count). The second kappa shape index (κ2) is 2.05. The Morgan fingerprint density at radius 3 is 2.33 bits per heavy atom. The van der Waals surface area contributed by atoms with Crippen molar-refractivity contribution in [1.29, 1.82) is 5.26 Å². The van der Waals surface area contributed by atoms with Gasteiger partial charge in [0.15, 0.2) is 0 Å². The first kappa shape index (κ1) is 8.10. The summed E-state index contributed by atoms with van der Waals surface area (Å²) >= 11 is 0. The Morgan fingerprint density at radius 2 is 2.00 bits per heavy atom. The summed E-state index contributed by atoms with van der Waals surface area (Å²) in [6, 6.07) is 2.53. The van der Waals surface area contributed by atoms with Crippen LogP contribution >= 0.6 is 0 Å². The minimum atomic E-state index is 0.280. The minimum Gasteiger partial charge on any atom is -0.198 e. The molecule has 0 aliphatic heterocycles. The molecule has 3 atom stereocenters. The van der Waals surface area contributed by atoms with Crippen molar-refractivity contribution in [2.75, 3.05) is 0 Å². The van der Waals surface area contributed by atoms with Crippen molar-refractivity contribution in [2.24, 2.45) is 22.7 Å². The SMILES string of the molecule is CC1(C)[C@H]2CC[C@@](C)(C2)[C@H]1C#N. The molecule has 2 aliphatic carbocycles. The first-order chi connectivity index (χ1) is 5.50. The monoisotopic (exact) mass is 163 g/mol. The molecule has 0 aromatic rings. The van der Waals surface area contributed by atoms with Gasteiger partial charge in [-0.3, -0.25) is 0 Å². The van der Waals surface area contributed by atoms with Crippen LogP contribution in [0.5, 0.6) is 0 Å². The Bertz CT molecular complexity index is 243. The van der Waals surface area contributed by atoms with Crippen molar-refractivity contribution in [2.45, 2.75) is 40.0 Å². The Balaban J connectivity index is 2.39. The van der Waals surface area contributed by atoms with E-state index in [0.29, 0.717) is 11.3 Å². The van der Waals surface area contributed by atoms with Gasteiger partial charge in [0.1, 0.15) is 0 Å². The fraction of sp³-hybridized carbons (Fsp3) is 0.909. The number of nitriles is 1. The highest BCUT2D eigenvalue weighted by Gasteiger charge is 2.59. The molecule has 2 saturated carbocycles. The van der Waals surface area contributed by atoms with Gasteiger partial charge in [0, 0.05) is 0 Å². The van der Waals surface area contributed by atoms with E-state index in [4.69, 9.17) is 5.26 Å².